The molecule has 8 rings (SSSR count). The summed E-state index contributed by atoms with van der Waals surface area (Å²) < 4.78 is 0. The lowest BCUT2D eigenvalue weighted by Crippen LogP contribution is -2.10. The van der Waals surface area contributed by atoms with Crippen molar-refractivity contribution in [3.63, 3.8) is 0 Å². The van der Waals surface area contributed by atoms with Crippen LogP contribution in [0.4, 0.5) is 34.1 Å². The first-order chi connectivity index (χ1) is 23.9. The third kappa shape index (κ3) is 5.80. The summed E-state index contributed by atoms with van der Waals surface area (Å²) in [5.74, 6) is 0. The Balaban J connectivity index is 1.23. The molecule has 5 nitrogen and oxygen atoms in total. The minimum Gasteiger partial charge on any atom is -0.311 e. The van der Waals surface area contributed by atoms with Gasteiger partial charge in [-0.3, -0.25) is 0 Å². The molecule has 0 saturated heterocycles. The van der Waals surface area contributed by atoms with Crippen molar-refractivity contribution in [3.8, 4) is 5.69 Å². The predicted molar refractivity (Wildman–Crippen MR) is 205 cm³/mol. The maximum Gasteiger partial charge on any atom is 0.121 e. The van der Waals surface area contributed by atoms with E-state index in [1.807, 2.05) is 0 Å². The van der Waals surface area contributed by atoms with Gasteiger partial charge in [0.2, 0.25) is 0 Å². The molecule has 0 aliphatic rings. The van der Waals surface area contributed by atoms with Crippen LogP contribution in [-0.4, -0.2) is 15.0 Å². The molecule has 1 heterocycles. The van der Waals surface area contributed by atoms with E-state index in [9.17, 15) is 0 Å². The monoisotopic (exact) mass is 635 g/mol. The fourth-order valence-corrected chi connectivity index (χ4v) is 6.41. The Labute approximate surface area is 287 Å². The highest BCUT2D eigenvalue weighted by Gasteiger charge is 2.20. The second-order valence-electron chi connectivity index (χ2n) is 12.8. The fourth-order valence-electron chi connectivity index (χ4n) is 6.41. The van der Waals surface area contributed by atoms with Crippen molar-refractivity contribution < 1.29 is 0 Å². The summed E-state index contributed by atoms with van der Waals surface area (Å²) in [4.78, 5) is 6.36. The van der Waals surface area contributed by atoms with Crippen LogP contribution in [0.3, 0.4) is 0 Å². The molecule has 5 heteroatoms. The maximum absolute atomic E-state index is 5.07. The third-order valence-corrected chi connectivity index (χ3v) is 9.12. The van der Waals surface area contributed by atoms with Crippen molar-refractivity contribution in [2.24, 2.45) is 0 Å². The van der Waals surface area contributed by atoms with Crippen molar-refractivity contribution in [1.82, 2.24) is 15.0 Å². The molecule has 0 N–H and O–H groups in total. The predicted octanol–water partition coefficient (Wildman–Crippen LogP) is 11.7. The zero-order chi connectivity index (χ0) is 33.5. The van der Waals surface area contributed by atoms with Crippen LogP contribution < -0.4 is 9.80 Å². The molecule has 0 aliphatic carbocycles. The number of hydrogen-bond donors (Lipinski definition) is 0. The van der Waals surface area contributed by atoms with E-state index in [0.717, 1.165) is 61.6 Å². The largest absolute Gasteiger partial charge is 0.311 e. The second-order valence-corrected chi connectivity index (χ2v) is 12.8. The normalized spacial score (nSPS) is 11.3. The minimum atomic E-state index is 0.836. The quantitative estimate of drug-likeness (QED) is 0.175. The van der Waals surface area contributed by atoms with Gasteiger partial charge in [-0.15, -0.1) is 10.2 Å². The molecule has 238 valence electrons. The molecule has 0 radical (unpaired) electrons. The molecule has 1 aromatic heterocycles. The van der Waals surface area contributed by atoms with Crippen LogP contribution in [0.25, 0.3) is 27.5 Å². The van der Waals surface area contributed by atoms with E-state index in [0.29, 0.717) is 0 Å². The molecule has 0 unspecified atom stereocenters. The lowest BCUT2D eigenvalue weighted by Gasteiger charge is -2.27. The number of hydrogen-bond acceptors (Lipinski definition) is 4. The van der Waals surface area contributed by atoms with Gasteiger partial charge >= 0.3 is 0 Å². The zero-order valence-corrected chi connectivity index (χ0v) is 28.2. The van der Waals surface area contributed by atoms with Gasteiger partial charge in [0, 0.05) is 39.2 Å². The zero-order valence-electron chi connectivity index (χ0n) is 28.2. The van der Waals surface area contributed by atoms with E-state index in [1.54, 1.807) is 4.80 Å². The van der Waals surface area contributed by atoms with Gasteiger partial charge in [-0.2, -0.15) is 4.80 Å². The number of benzene rings is 7. The summed E-state index contributed by atoms with van der Waals surface area (Å²) in [5.41, 5.74) is 14.0. The van der Waals surface area contributed by atoms with Crippen LogP contribution in [0.2, 0.25) is 0 Å². The standard InChI is InChI=1S/C44H37N5/c1-30-9-17-34(18-10-30)47(35-19-11-31(2)12-20-35)36-25-27-39(28-26-36)49-45-42-29-43(40-7-5-6-8-41(40)44(42)46-49)48(37-21-13-32(3)14-22-37)38-23-15-33(4)16-24-38/h5-29H,1-4H3. The van der Waals surface area contributed by atoms with E-state index in [1.165, 1.54) is 22.3 Å². The van der Waals surface area contributed by atoms with Crippen LogP contribution in [0.1, 0.15) is 22.3 Å². The third-order valence-electron chi connectivity index (χ3n) is 9.12. The molecule has 0 amide bonds. The summed E-state index contributed by atoms with van der Waals surface area (Å²) >= 11 is 0. The van der Waals surface area contributed by atoms with Gasteiger partial charge in [0.15, 0.2) is 0 Å². The number of fused-ring (bicyclic) bond motifs is 3. The highest BCUT2D eigenvalue weighted by atomic mass is 15.5. The van der Waals surface area contributed by atoms with E-state index in [4.69, 9.17) is 10.2 Å². The van der Waals surface area contributed by atoms with Crippen LogP contribution in [-0.2, 0) is 0 Å². The summed E-state index contributed by atoms with van der Waals surface area (Å²) in [7, 11) is 0. The van der Waals surface area contributed by atoms with Gasteiger partial charge < -0.3 is 9.80 Å². The number of rotatable bonds is 7. The molecule has 0 fully saturated rings. The van der Waals surface area contributed by atoms with E-state index < -0.39 is 0 Å². The lowest BCUT2D eigenvalue weighted by atomic mass is 10.0. The number of aryl methyl sites for hydroxylation is 4. The Hall–Kier alpha value is -6.20. The number of anilines is 6. The van der Waals surface area contributed by atoms with Gasteiger partial charge in [-0.05, 0) is 107 Å². The first-order valence-electron chi connectivity index (χ1n) is 16.7. The van der Waals surface area contributed by atoms with E-state index >= 15 is 0 Å². The first kappa shape index (κ1) is 30.2. The summed E-state index contributed by atoms with van der Waals surface area (Å²) in [6.45, 7) is 8.47. The summed E-state index contributed by atoms with van der Waals surface area (Å²) in [6.07, 6.45) is 0. The van der Waals surface area contributed by atoms with E-state index in [-0.39, 0.29) is 0 Å². The Morgan fingerprint density at radius 2 is 0.796 bits per heavy atom. The van der Waals surface area contributed by atoms with Crippen molar-refractivity contribution in [2.75, 3.05) is 9.80 Å². The van der Waals surface area contributed by atoms with Gasteiger partial charge in [0.05, 0.1) is 11.4 Å². The fraction of sp³-hybridized carbons (Fsp3) is 0.0909. The minimum absolute atomic E-state index is 0.836. The first-order valence-corrected chi connectivity index (χ1v) is 16.7. The average Bonchev–Trinajstić information content (AvgIpc) is 3.57. The molecule has 49 heavy (non-hydrogen) atoms. The second kappa shape index (κ2) is 12.4. The van der Waals surface area contributed by atoms with Crippen molar-refractivity contribution in [1.29, 1.82) is 0 Å². The molecule has 0 spiro atoms. The molecule has 8 aromatic rings. The topological polar surface area (TPSA) is 37.2 Å². The van der Waals surface area contributed by atoms with Crippen LogP contribution in [0, 0.1) is 27.7 Å². The Bertz CT molecular complexity index is 2300. The van der Waals surface area contributed by atoms with Crippen LogP contribution >= 0.6 is 0 Å². The molecule has 7 aromatic carbocycles. The lowest BCUT2D eigenvalue weighted by molar-refractivity contribution is 0.766. The Kier molecular flexibility index (Phi) is 7.65. The van der Waals surface area contributed by atoms with Gasteiger partial charge in [0.25, 0.3) is 0 Å². The molecule has 0 aliphatic heterocycles. The van der Waals surface area contributed by atoms with Crippen LogP contribution in [0.15, 0.2) is 152 Å². The SMILES string of the molecule is Cc1ccc(N(c2ccc(C)cc2)c2ccc(-n3nc4cc(N(c5ccc(C)cc5)c5ccc(C)cc5)c5ccccc5c4n3)cc2)cc1. The maximum atomic E-state index is 5.07. The molecule has 0 saturated carbocycles. The smallest absolute Gasteiger partial charge is 0.121 e. The van der Waals surface area contributed by atoms with Gasteiger partial charge in [-0.25, -0.2) is 0 Å². The van der Waals surface area contributed by atoms with Gasteiger partial charge in [-0.1, -0.05) is 95.1 Å². The van der Waals surface area contributed by atoms with Gasteiger partial charge in [0.1, 0.15) is 11.0 Å². The van der Waals surface area contributed by atoms with Crippen LogP contribution in [0.5, 0.6) is 0 Å². The number of nitrogens with zero attached hydrogens (tertiary/aromatic N) is 5. The molecule has 0 atom stereocenters. The Morgan fingerprint density at radius 3 is 1.24 bits per heavy atom. The molecular formula is C44H37N5. The average molecular weight is 636 g/mol. The number of aromatic nitrogens is 3. The highest BCUT2D eigenvalue weighted by molar-refractivity contribution is 6.12. The Morgan fingerprint density at radius 1 is 0.408 bits per heavy atom. The van der Waals surface area contributed by atoms with Crippen molar-refractivity contribution >= 4 is 55.9 Å². The summed E-state index contributed by atoms with van der Waals surface area (Å²) in [6, 6.07) is 53.8. The summed E-state index contributed by atoms with van der Waals surface area (Å²) in [5, 5.41) is 12.3. The van der Waals surface area contributed by atoms with Crippen molar-refractivity contribution in [2.45, 2.75) is 27.7 Å². The molecular weight excluding hydrogens is 599 g/mol. The van der Waals surface area contributed by atoms with Crippen molar-refractivity contribution in [3.05, 3.63) is 174 Å². The molecule has 0 bridgehead atoms. The highest BCUT2D eigenvalue weighted by Crippen LogP contribution is 2.42. The van der Waals surface area contributed by atoms with E-state index in [2.05, 4.69) is 189 Å².